The molecule has 0 aliphatic heterocycles. The molecule has 0 fully saturated rings. The first kappa shape index (κ1) is 15.4. The van der Waals surface area contributed by atoms with Crippen molar-refractivity contribution in [1.29, 1.82) is 0 Å². The Morgan fingerprint density at radius 3 is 1.81 bits per heavy atom. The fourth-order valence-electron chi connectivity index (χ4n) is 1.60. The Kier molecular flexibility index (Phi) is 5.94. The van der Waals surface area contributed by atoms with Crippen LogP contribution in [0.15, 0.2) is 0 Å². The fourth-order valence-corrected chi connectivity index (χ4v) is 1.98. The number of hydrogen-bond acceptors (Lipinski definition) is 2. The highest BCUT2D eigenvalue weighted by Crippen LogP contribution is 2.18. The van der Waals surface area contributed by atoms with E-state index >= 15 is 0 Å². The van der Waals surface area contributed by atoms with Gasteiger partial charge in [0, 0.05) is 13.1 Å². The van der Waals surface area contributed by atoms with Crippen molar-refractivity contribution in [1.82, 2.24) is 4.90 Å². The lowest BCUT2D eigenvalue weighted by atomic mass is 9.93. The molecule has 0 aliphatic carbocycles. The molecule has 0 aromatic heterocycles. The lowest BCUT2D eigenvalue weighted by Crippen LogP contribution is -2.46. The second kappa shape index (κ2) is 6.18. The molecule has 0 rings (SSSR count). The minimum absolute atomic E-state index is 0.0312. The molecule has 2 unspecified atom stereocenters. The van der Waals surface area contributed by atoms with E-state index in [2.05, 4.69) is 13.8 Å². The van der Waals surface area contributed by atoms with Crippen LogP contribution in [0, 0.1) is 17.8 Å². The van der Waals surface area contributed by atoms with Crippen molar-refractivity contribution in [2.75, 3.05) is 7.05 Å². The van der Waals surface area contributed by atoms with Crippen molar-refractivity contribution in [3.8, 4) is 0 Å². The number of thiocarbonyl (C=S) groups is 1. The van der Waals surface area contributed by atoms with Crippen LogP contribution in [0.4, 0.5) is 0 Å². The number of carbonyl (C=O) groups is 1. The summed E-state index contributed by atoms with van der Waals surface area (Å²) >= 11 is 4.97. The number of rotatable bonds is 5. The normalized spacial score (nSPS) is 15.0. The zero-order valence-electron chi connectivity index (χ0n) is 11.2. The molecule has 16 heavy (non-hydrogen) atoms. The maximum atomic E-state index is 12.2. The van der Waals surface area contributed by atoms with Crippen LogP contribution in [-0.4, -0.2) is 28.9 Å². The number of carbonyl (C=O) groups excluding carboxylic acids is 1. The summed E-state index contributed by atoms with van der Waals surface area (Å²) < 4.78 is 0. The Morgan fingerprint density at radius 1 is 1.12 bits per heavy atom. The van der Waals surface area contributed by atoms with Crippen LogP contribution < -0.4 is 5.73 Å². The molecule has 0 aliphatic rings. The Bertz CT molecular complexity index is 264. The fraction of sp³-hybridized carbons (Fsp3) is 0.833. The van der Waals surface area contributed by atoms with Crippen LogP contribution in [0.1, 0.15) is 34.6 Å². The zero-order valence-corrected chi connectivity index (χ0v) is 12.0. The van der Waals surface area contributed by atoms with Crippen LogP contribution in [0.2, 0.25) is 0 Å². The van der Waals surface area contributed by atoms with Crippen molar-refractivity contribution in [2.45, 2.75) is 40.7 Å². The number of hydrogen-bond donors (Lipinski definition) is 1. The summed E-state index contributed by atoms with van der Waals surface area (Å²) in [4.78, 5) is 14.3. The minimum Gasteiger partial charge on any atom is -0.393 e. The van der Waals surface area contributed by atoms with E-state index in [1.165, 1.54) is 0 Å². The molecular formula is C12H24N2OS. The van der Waals surface area contributed by atoms with Crippen molar-refractivity contribution in [3.05, 3.63) is 0 Å². The van der Waals surface area contributed by atoms with Crippen LogP contribution in [0.5, 0.6) is 0 Å². The highest BCUT2D eigenvalue weighted by atomic mass is 32.1. The number of amides is 1. The van der Waals surface area contributed by atoms with Gasteiger partial charge in [0.25, 0.3) is 0 Å². The van der Waals surface area contributed by atoms with Gasteiger partial charge in [-0.25, -0.2) is 0 Å². The second-order valence-corrected chi connectivity index (χ2v) is 5.53. The summed E-state index contributed by atoms with van der Waals surface area (Å²) in [7, 11) is 1.82. The third-order valence-electron chi connectivity index (χ3n) is 3.16. The van der Waals surface area contributed by atoms with Crippen LogP contribution >= 0.6 is 12.2 Å². The van der Waals surface area contributed by atoms with E-state index in [4.69, 9.17) is 18.0 Å². The van der Waals surface area contributed by atoms with Gasteiger partial charge >= 0.3 is 0 Å². The maximum Gasteiger partial charge on any atom is 0.232 e. The molecular weight excluding hydrogens is 220 g/mol. The Hall–Kier alpha value is -0.640. The average Bonchev–Trinajstić information content (AvgIpc) is 2.13. The predicted molar refractivity (Wildman–Crippen MR) is 72.2 cm³/mol. The summed E-state index contributed by atoms with van der Waals surface area (Å²) in [5, 5.41) is 0. The quantitative estimate of drug-likeness (QED) is 0.753. The van der Waals surface area contributed by atoms with Gasteiger partial charge in [-0.3, -0.25) is 4.79 Å². The van der Waals surface area contributed by atoms with E-state index in [0.717, 1.165) is 0 Å². The smallest absolute Gasteiger partial charge is 0.232 e. The Labute approximate surface area is 104 Å². The summed E-state index contributed by atoms with van der Waals surface area (Å²) in [5.74, 6) is 0.254. The molecule has 0 saturated carbocycles. The number of nitrogens with two attached hydrogens (primary N) is 1. The maximum absolute atomic E-state index is 12.2. The van der Waals surface area contributed by atoms with E-state index < -0.39 is 0 Å². The molecule has 0 bridgehead atoms. The van der Waals surface area contributed by atoms with Gasteiger partial charge in [-0.2, -0.15) is 0 Å². The lowest BCUT2D eigenvalue weighted by Gasteiger charge is -2.32. The van der Waals surface area contributed by atoms with E-state index in [-0.39, 0.29) is 23.8 Å². The van der Waals surface area contributed by atoms with Crippen molar-refractivity contribution in [3.63, 3.8) is 0 Å². The highest BCUT2D eigenvalue weighted by molar-refractivity contribution is 7.80. The standard InChI is InChI=1S/C12H24N2OS/c1-7(2)9(5)14(6)12(15)10(8(3)4)11(13)16/h7-10H,1-6H3,(H2,13,16). The van der Waals surface area contributed by atoms with Gasteiger partial charge in [-0.05, 0) is 18.8 Å². The van der Waals surface area contributed by atoms with Gasteiger partial charge < -0.3 is 10.6 Å². The first-order valence-corrected chi connectivity index (χ1v) is 6.16. The topological polar surface area (TPSA) is 46.3 Å². The van der Waals surface area contributed by atoms with Crippen molar-refractivity contribution >= 4 is 23.1 Å². The Morgan fingerprint density at radius 2 is 1.56 bits per heavy atom. The molecule has 0 spiro atoms. The highest BCUT2D eigenvalue weighted by Gasteiger charge is 2.30. The van der Waals surface area contributed by atoms with Crippen molar-refractivity contribution < 1.29 is 4.79 Å². The summed E-state index contributed by atoms with van der Waals surface area (Å²) in [6.45, 7) is 10.2. The van der Waals surface area contributed by atoms with Gasteiger partial charge in [-0.1, -0.05) is 39.9 Å². The largest absolute Gasteiger partial charge is 0.393 e. The summed E-state index contributed by atoms with van der Waals surface area (Å²) in [5.41, 5.74) is 5.64. The van der Waals surface area contributed by atoms with Crippen LogP contribution in [0.3, 0.4) is 0 Å². The summed E-state index contributed by atoms with van der Waals surface area (Å²) in [6, 6.07) is 0.197. The molecule has 2 N–H and O–H groups in total. The average molecular weight is 244 g/mol. The summed E-state index contributed by atoms with van der Waals surface area (Å²) in [6.07, 6.45) is 0. The third-order valence-corrected chi connectivity index (χ3v) is 3.42. The molecule has 2 atom stereocenters. The molecule has 0 heterocycles. The monoisotopic (exact) mass is 244 g/mol. The van der Waals surface area contributed by atoms with E-state index in [1.807, 2.05) is 27.8 Å². The van der Waals surface area contributed by atoms with Gasteiger partial charge in [0.2, 0.25) is 5.91 Å². The number of nitrogens with zero attached hydrogens (tertiary/aromatic N) is 1. The molecule has 1 amide bonds. The van der Waals surface area contributed by atoms with Gasteiger partial charge in [0.15, 0.2) is 0 Å². The SMILES string of the molecule is CC(C)C(C(=O)N(C)C(C)C(C)C)C(N)=S. The first-order chi connectivity index (χ1) is 7.20. The van der Waals surface area contributed by atoms with E-state index in [0.29, 0.717) is 10.9 Å². The first-order valence-electron chi connectivity index (χ1n) is 5.76. The molecule has 94 valence electrons. The molecule has 3 nitrogen and oxygen atoms in total. The van der Waals surface area contributed by atoms with E-state index in [9.17, 15) is 4.79 Å². The molecule has 0 aromatic carbocycles. The molecule has 0 aromatic rings. The van der Waals surface area contributed by atoms with Gasteiger partial charge in [-0.15, -0.1) is 0 Å². The van der Waals surface area contributed by atoms with Crippen LogP contribution in [0.25, 0.3) is 0 Å². The zero-order chi connectivity index (χ0) is 13.0. The van der Waals surface area contributed by atoms with Crippen molar-refractivity contribution in [2.24, 2.45) is 23.5 Å². The lowest BCUT2D eigenvalue weighted by molar-refractivity contribution is -0.135. The Balaban J connectivity index is 4.82. The second-order valence-electron chi connectivity index (χ2n) is 5.06. The minimum atomic E-state index is -0.346. The van der Waals surface area contributed by atoms with Gasteiger partial charge in [0.05, 0.1) is 10.9 Å². The van der Waals surface area contributed by atoms with E-state index in [1.54, 1.807) is 4.90 Å². The van der Waals surface area contributed by atoms with Crippen LogP contribution in [-0.2, 0) is 4.79 Å². The molecule has 0 radical (unpaired) electrons. The molecule has 4 heteroatoms. The molecule has 0 saturated heterocycles. The van der Waals surface area contributed by atoms with Gasteiger partial charge in [0.1, 0.15) is 0 Å². The predicted octanol–water partition coefficient (Wildman–Crippen LogP) is 2.05. The third kappa shape index (κ3) is 3.74.